The van der Waals surface area contributed by atoms with E-state index in [1.54, 1.807) is 11.3 Å². The molecule has 146 valence electrons. The van der Waals surface area contributed by atoms with Gasteiger partial charge in [0.15, 0.2) is 0 Å². The second-order valence-electron chi connectivity index (χ2n) is 7.32. The molecule has 0 aliphatic carbocycles. The van der Waals surface area contributed by atoms with E-state index in [1.165, 1.54) is 15.3 Å². The average Bonchev–Trinajstić information content (AvgIpc) is 3.14. The quantitative estimate of drug-likeness (QED) is 0.647. The van der Waals surface area contributed by atoms with Gasteiger partial charge in [0.05, 0.1) is 21.8 Å². The third-order valence-corrected chi connectivity index (χ3v) is 6.63. The Morgan fingerprint density at radius 3 is 2.86 bits per heavy atom. The predicted octanol–water partition coefficient (Wildman–Crippen LogP) is 4.49. The van der Waals surface area contributed by atoms with Crippen molar-refractivity contribution in [2.24, 2.45) is 0 Å². The van der Waals surface area contributed by atoms with Crippen LogP contribution in [0.3, 0.4) is 0 Å². The highest BCUT2D eigenvalue weighted by molar-refractivity contribution is 7.18. The fourth-order valence-electron chi connectivity index (χ4n) is 3.72. The van der Waals surface area contributed by atoms with Gasteiger partial charge in [-0.05, 0) is 55.6 Å². The summed E-state index contributed by atoms with van der Waals surface area (Å²) in [6.45, 7) is 2.99. The predicted molar refractivity (Wildman–Crippen MR) is 116 cm³/mol. The minimum Gasteiger partial charge on any atom is -0.355 e. The zero-order chi connectivity index (χ0) is 19.3. The summed E-state index contributed by atoms with van der Waals surface area (Å²) < 4.78 is 1.24. The fourth-order valence-corrected chi connectivity index (χ4v) is 4.94. The normalized spacial score (nSPS) is 17.7. The Hall–Kier alpha value is -1.95. The van der Waals surface area contributed by atoms with Gasteiger partial charge < -0.3 is 5.32 Å². The second-order valence-corrected chi connectivity index (χ2v) is 8.82. The lowest BCUT2D eigenvalue weighted by Gasteiger charge is -2.31. The van der Waals surface area contributed by atoms with Gasteiger partial charge in [0, 0.05) is 24.0 Å². The summed E-state index contributed by atoms with van der Waals surface area (Å²) in [6.07, 6.45) is 3.07. The Labute approximate surface area is 174 Å². The molecular formula is C22H24ClN3OS. The van der Waals surface area contributed by atoms with Crippen LogP contribution in [0.2, 0.25) is 5.02 Å². The molecule has 4 rings (SSSR count). The van der Waals surface area contributed by atoms with E-state index < -0.39 is 0 Å². The molecule has 28 heavy (non-hydrogen) atoms. The third kappa shape index (κ3) is 4.90. The Kier molecular flexibility index (Phi) is 6.25. The third-order valence-electron chi connectivity index (χ3n) is 5.18. The van der Waals surface area contributed by atoms with E-state index in [1.807, 2.05) is 30.3 Å². The van der Waals surface area contributed by atoms with Gasteiger partial charge >= 0.3 is 0 Å². The van der Waals surface area contributed by atoms with Gasteiger partial charge in [-0.2, -0.15) is 0 Å². The lowest BCUT2D eigenvalue weighted by Crippen LogP contribution is -2.42. The number of hydrogen-bond donors (Lipinski definition) is 1. The first-order valence-electron chi connectivity index (χ1n) is 9.76. The molecule has 3 aromatic rings. The molecule has 0 spiro atoms. The molecule has 2 aromatic carbocycles. The maximum absolute atomic E-state index is 12.4. The Balaban J connectivity index is 1.27. The molecule has 1 fully saturated rings. The molecule has 1 saturated heterocycles. The number of para-hydroxylation sites is 1. The van der Waals surface area contributed by atoms with E-state index >= 15 is 0 Å². The molecule has 0 unspecified atom stereocenters. The van der Waals surface area contributed by atoms with Gasteiger partial charge in [-0.3, -0.25) is 9.69 Å². The number of carbonyl (C=O) groups is 1. The van der Waals surface area contributed by atoms with Crippen LogP contribution in [0.1, 0.15) is 29.3 Å². The van der Waals surface area contributed by atoms with Crippen molar-refractivity contribution in [3.8, 4) is 0 Å². The van der Waals surface area contributed by atoms with Gasteiger partial charge in [-0.25, -0.2) is 4.98 Å². The first-order chi connectivity index (χ1) is 13.7. The summed E-state index contributed by atoms with van der Waals surface area (Å²) in [4.78, 5) is 19.4. The number of benzene rings is 2. The molecule has 1 amide bonds. The first kappa shape index (κ1) is 19.4. The average molecular weight is 414 g/mol. The molecule has 4 nitrogen and oxygen atoms in total. The van der Waals surface area contributed by atoms with E-state index in [4.69, 9.17) is 16.6 Å². The number of likely N-dealkylation sites (tertiary alicyclic amines) is 1. The van der Waals surface area contributed by atoms with Crippen LogP contribution in [-0.2, 0) is 11.2 Å². The molecule has 0 bridgehead atoms. The standard InChI is InChI=1S/C22H24ClN3OS/c23-18-9-7-16(8-10-18)11-12-24-21(27)15-26-13-3-4-17(14-26)22-25-19-5-1-2-6-20(19)28-22/h1-2,5-10,17H,3-4,11-15H2,(H,24,27)/t17-/m1/s1. The summed E-state index contributed by atoms with van der Waals surface area (Å²) in [5.74, 6) is 0.520. The van der Waals surface area contributed by atoms with Crippen molar-refractivity contribution in [3.05, 3.63) is 64.1 Å². The van der Waals surface area contributed by atoms with Crippen LogP contribution >= 0.6 is 22.9 Å². The number of hydrogen-bond acceptors (Lipinski definition) is 4. The zero-order valence-electron chi connectivity index (χ0n) is 15.7. The van der Waals surface area contributed by atoms with Crippen LogP contribution in [0.5, 0.6) is 0 Å². The number of nitrogens with one attached hydrogen (secondary N) is 1. The molecule has 6 heteroatoms. The van der Waals surface area contributed by atoms with E-state index in [0.717, 1.165) is 42.9 Å². The summed E-state index contributed by atoms with van der Waals surface area (Å²) >= 11 is 7.69. The summed E-state index contributed by atoms with van der Waals surface area (Å²) in [5.41, 5.74) is 2.26. The number of amides is 1. The number of halogens is 1. The van der Waals surface area contributed by atoms with E-state index in [-0.39, 0.29) is 5.91 Å². The van der Waals surface area contributed by atoms with Crippen LogP contribution in [0.25, 0.3) is 10.2 Å². The molecule has 0 saturated carbocycles. The van der Waals surface area contributed by atoms with Gasteiger partial charge in [0.1, 0.15) is 0 Å². The number of thiazole rings is 1. The van der Waals surface area contributed by atoms with Crippen LogP contribution in [-0.4, -0.2) is 42.0 Å². The molecule has 2 heterocycles. The van der Waals surface area contributed by atoms with Crippen molar-refractivity contribution >= 4 is 39.1 Å². The monoisotopic (exact) mass is 413 g/mol. The van der Waals surface area contributed by atoms with Crippen molar-refractivity contribution in [1.82, 2.24) is 15.2 Å². The van der Waals surface area contributed by atoms with Crippen molar-refractivity contribution in [1.29, 1.82) is 0 Å². The molecule has 1 aliphatic rings. The van der Waals surface area contributed by atoms with Gasteiger partial charge in [-0.1, -0.05) is 35.9 Å². The van der Waals surface area contributed by atoms with Crippen molar-refractivity contribution in [2.45, 2.75) is 25.2 Å². The van der Waals surface area contributed by atoms with Crippen LogP contribution in [0.15, 0.2) is 48.5 Å². The van der Waals surface area contributed by atoms with E-state index in [9.17, 15) is 4.79 Å². The number of piperidine rings is 1. The SMILES string of the molecule is O=C(CN1CCC[C@@H](c2nc3ccccc3s2)C1)NCCc1ccc(Cl)cc1. The Morgan fingerprint density at radius 2 is 2.04 bits per heavy atom. The van der Waals surface area contributed by atoms with Gasteiger partial charge in [0.25, 0.3) is 0 Å². The highest BCUT2D eigenvalue weighted by Gasteiger charge is 2.25. The lowest BCUT2D eigenvalue weighted by molar-refractivity contribution is -0.122. The van der Waals surface area contributed by atoms with E-state index in [0.29, 0.717) is 19.0 Å². The van der Waals surface area contributed by atoms with Gasteiger partial charge in [0.2, 0.25) is 5.91 Å². The summed E-state index contributed by atoms with van der Waals surface area (Å²) in [5, 5.41) is 4.98. The lowest BCUT2D eigenvalue weighted by atomic mass is 9.99. The summed E-state index contributed by atoms with van der Waals surface area (Å²) in [6, 6.07) is 16.1. The van der Waals surface area contributed by atoms with Gasteiger partial charge in [-0.15, -0.1) is 11.3 Å². The molecule has 1 N–H and O–H groups in total. The first-order valence-corrected chi connectivity index (χ1v) is 11.0. The second kappa shape index (κ2) is 9.03. The van der Waals surface area contributed by atoms with Crippen molar-refractivity contribution in [3.63, 3.8) is 0 Å². The van der Waals surface area contributed by atoms with Crippen LogP contribution < -0.4 is 5.32 Å². The minimum atomic E-state index is 0.0962. The number of aromatic nitrogens is 1. The van der Waals surface area contributed by atoms with Crippen LogP contribution in [0, 0.1) is 0 Å². The smallest absolute Gasteiger partial charge is 0.234 e. The Morgan fingerprint density at radius 1 is 1.21 bits per heavy atom. The molecular weight excluding hydrogens is 390 g/mol. The highest BCUT2D eigenvalue weighted by atomic mass is 35.5. The fraction of sp³-hybridized carbons (Fsp3) is 0.364. The molecule has 1 aliphatic heterocycles. The number of nitrogens with zero attached hydrogens (tertiary/aromatic N) is 2. The maximum atomic E-state index is 12.4. The number of carbonyl (C=O) groups excluding carboxylic acids is 1. The van der Waals surface area contributed by atoms with E-state index in [2.05, 4.69) is 28.4 Å². The minimum absolute atomic E-state index is 0.0962. The number of fused-ring (bicyclic) bond motifs is 1. The topological polar surface area (TPSA) is 45.2 Å². The zero-order valence-corrected chi connectivity index (χ0v) is 17.3. The summed E-state index contributed by atoms with van der Waals surface area (Å²) in [7, 11) is 0. The van der Waals surface area contributed by atoms with Crippen LogP contribution in [0.4, 0.5) is 0 Å². The highest BCUT2D eigenvalue weighted by Crippen LogP contribution is 2.32. The Bertz CT molecular complexity index is 907. The molecule has 1 aromatic heterocycles. The molecule has 1 atom stereocenters. The largest absolute Gasteiger partial charge is 0.355 e. The number of rotatable bonds is 6. The van der Waals surface area contributed by atoms with Crippen molar-refractivity contribution in [2.75, 3.05) is 26.2 Å². The van der Waals surface area contributed by atoms with Crippen molar-refractivity contribution < 1.29 is 4.79 Å². The maximum Gasteiger partial charge on any atom is 0.234 e. The molecule has 0 radical (unpaired) electrons.